The lowest BCUT2D eigenvalue weighted by Gasteiger charge is -2.19. The van der Waals surface area contributed by atoms with E-state index >= 15 is 0 Å². The predicted molar refractivity (Wildman–Crippen MR) is 75.4 cm³/mol. The Balaban J connectivity index is 2.14. The molecule has 0 radical (unpaired) electrons. The predicted octanol–water partition coefficient (Wildman–Crippen LogP) is 3.32. The van der Waals surface area contributed by atoms with E-state index in [0.29, 0.717) is 4.47 Å². The standard InChI is InChI=1S/C13H11BrF4N2O3/c14-6-1-2-9(15)10(3-6)19-12(23)20-4-7(11(21)22)8(5-20)13(16,17)18/h1-3,7-8H,4-5H2,(H,19,23)(H,21,22)/t7-,8-/m1/s1. The highest BCUT2D eigenvalue weighted by Crippen LogP contribution is 2.38. The largest absolute Gasteiger partial charge is 0.481 e. The molecule has 23 heavy (non-hydrogen) atoms. The number of hydrogen-bond donors (Lipinski definition) is 2. The van der Waals surface area contributed by atoms with Crippen molar-refractivity contribution in [2.75, 3.05) is 18.4 Å². The van der Waals surface area contributed by atoms with Crippen LogP contribution < -0.4 is 5.32 Å². The monoisotopic (exact) mass is 398 g/mol. The van der Waals surface area contributed by atoms with E-state index in [1.54, 1.807) is 0 Å². The van der Waals surface area contributed by atoms with E-state index in [0.717, 1.165) is 11.0 Å². The number of nitrogens with zero attached hydrogens (tertiary/aromatic N) is 1. The Bertz CT molecular complexity index is 638. The number of carbonyl (C=O) groups excluding carboxylic acids is 1. The van der Waals surface area contributed by atoms with Crippen molar-refractivity contribution in [2.45, 2.75) is 6.18 Å². The molecule has 2 rings (SSSR count). The minimum atomic E-state index is -4.74. The molecule has 5 nitrogen and oxygen atoms in total. The van der Waals surface area contributed by atoms with E-state index < -0.39 is 48.9 Å². The van der Waals surface area contributed by atoms with Crippen LogP contribution in [-0.2, 0) is 4.79 Å². The summed E-state index contributed by atoms with van der Waals surface area (Å²) in [6.45, 7) is -1.39. The topological polar surface area (TPSA) is 69.6 Å². The van der Waals surface area contributed by atoms with E-state index in [2.05, 4.69) is 21.2 Å². The summed E-state index contributed by atoms with van der Waals surface area (Å²) in [6.07, 6.45) is -4.74. The van der Waals surface area contributed by atoms with Crippen molar-refractivity contribution in [3.63, 3.8) is 0 Å². The maximum absolute atomic E-state index is 13.6. The number of benzene rings is 1. The van der Waals surface area contributed by atoms with Gasteiger partial charge in [-0.15, -0.1) is 0 Å². The van der Waals surface area contributed by atoms with E-state index in [1.165, 1.54) is 12.1 Å². The van der Waals surface area contributed by atoms with Crippen LogP contribution in [0.5, 0.6) is 0 Å². The number of carboxylic acids is 1. The molecule has 1 fully saturated rings. The number of halogens is 5. The highest BCUT2D eigenvalue weighted by molar-refractivity contribution is 9.10. The molecule has 126 valence electrons. The molecule has 2 N–H and O–H groups in total. The second-order valence-electron chi connectivity index (χ2n) is 5.05. The number of alkyl halides is 3. The van der Waals surface area contributed by atoms with Crippen molar-refractivity contribution < 1.29 is 32.3 Å². The molecule has 1 aliphatic heterocycles. The summed E-state index contributed by atoms with van der Waals surface area (Å²) in [6, 6.07) is 2.72. The van der Waals surface area contributed by atoms with E-state index in [4.69, 9.17) is 5.11 Å². The molecule has 0 aromatic heterocycles. The van der Waals surface area contributed by atoms with Gasteiger partial charge in [-0.25, -0.2) is 9.18 Å². The minimum Gasteiger partial charge on any atom is -0.481 e. The van der Waals surface area contributed by atoms with Crippen molar-refractivity contribution >= 4 is 33.6 Å². The number of hydrogen-bond acceptors (Lipinski definition) is 2. The Hall–Kier alpha value is -1.84. The van der Waals surface area contributed by atoms with Gasteiger partial charge in [0.05, 0.1) is 17.5 Å². The number of amides is 2. The van der Waals surface area contributed by atoms with Crippen molar-refractivity contribution in [1.82, 2.24) is 4.90 Å². The average Bonchev–Trinajstić information content (AvgIpc) is 2.88. The van der Waals surface area contributed by atoms with Crippen LogP contribution in [0.2, 0.25) is 0 Å². The molecule has 1 heterocycles. The number of likely N-dealkylation sites (tertiary alicyclic amines) is 1. The molecule has 0 spiro atoms. The Kier molecular flexibility index (Phi) is 4.83. The van der Waals surface area contributed by atoms with Gasteiger partial charge >= 0.3 is 18.2 Å². The molecule has 1 saturated heterocycles. The summed E-state index contributed by atoms with van der Waals surface area (Å²) in [5, 5.41) is 11.0. The zero-order valence-electron chi connectivity index (χ0n) is 11.4. The number of carboxylic acid groups (broad SMARTS) is 1. The number of urea groups is 1. The first kappa shape index (κ1) is 17.5. The van der Waals surface area contributed by atoms with Gasteiger partial charge in [0.25, 0.3) is 0 Å². The molecule has 0 aliphatic carbocycles. The highest BCUT2D eigenvalue weighted by atomic mass is 79.9. The normalized spacial score (nSPS) is 21.3. The quantitative estimate of drug-likeness (QED) is 0.750. The third kappa shape index (κ3) is 3.92. The van der Waals surface area contributed by atoms with Crippen LogP contribution in [0.4, 0.5) is 28.0 Å². The zero-order chi connectivity index (χ0) is 17.4. The minimum absolute atomic E-state index is 0.216. The van der Waals surface area contributed by atoms with Crippen LogP contribution in [0, 0.1) is 17.7 Å². The summed E-state index contributed by atoms with van der Waals surface area (Å²) < 4.78 is 52.6. The number of rotatable bonds is 2. The van der Waals surface area contributed by atoms with Gasteiger partial charge in [-0.1, -0.05) is 15.9 Å². The summed E-state index contributed by atoms with van der Waals surface area (Å²) in [5.41, 5.74) is -0.216. The number of anilines is 1. The summed E-state index contributed by atoms with van der Waals surface area (Å²) >= 11 is 3.08. The molecule has 0 bridgehead atoms. The molecule has 2 atom stereocenters. The Morgan fingerprint density at radius 1 is 1.30 bits per heavy atom. The average molecular weight is 399 g/mol. The fourth-order valence-corrected chi connectivity index (χ4v) is 2.70. The lowest BCUT2D eigenvalue weighted by atomic mass is 9.96. The van der Waals surface area contributed by atoms with Gasteiger partial charge in [-0.05, 0) is 18.2 Å². The lowest BCUT2D eigenvalue weighted by Crippen LogP contribution is -2.35. The van der Waals surface area contributed by atoms with Gasteiger partial charge in [0.2, 0.25) is 0 Å². The number of nitrogens with one attached hydrogen (secondary N) is 1. The molecular weight excluding hydrogens is 388 g/mol. The van der Waals surface area contributed by atoms with Crippen LogP contribution >= 0.6 is 15.9 Å². The van der Waals surface area contributed by atoms with Crippen LogP contribution in [0.3, 0.4) is 0 Å². The van der Waals surface area contributed by atoms with E-state index in [9.17, 15) is 27.2 Å². The van der Waals surface area contributed by atoms with Gasteiger partial charge in [-0.3, -0.25) is 4.79 Å². The lowest BCUT2D eigenvalue weighted by molar-refractivity contribution is -0.187. The first-order valence-electron chi connectivity index (χ1n) is 6.40. The van der Waals surface area contributed by atoms with Gasteiger partial charge in [0, 0.05) is 17.6 Å². The maximum atomic E-state index is 13.6. The number of carbonyl (C=O) groups is 2. The van der Waals surface area contributed by atoms with Gasteiger partial charge in [-0.2, -0.15) is 13.2 Å². The van der Waals surface area contributed by atoms with Gasteiger partial charge in [0.15, 0.2) is 0 Å². The third-order valence-electron chi connectivity index (χ3n) is 3.51. The van der Waals surface area contributed by atoms with Gasteiger partial charge < -0.3 is 15.3 Å². The Morgan fingerprint density at radius 2 is 1.96 bits per heavy atom. The number of aliphatic carboxylic acids is 1. The van der Waals surface area contributed by atoms with Crippen LogP contribution in [0.15, 0.2) is 22.7 Å². The molecule has 2 amide bonds. The summed E-state index contributed by atoms with van der Waals surface area (Å²) in [7, 11) is 0. The van der Waals surface area contributed by atoms with Crippen molar-refractivity contribution in [1.29, 1.82) is 0 Å². The zero-order valence-corrected chi connectivity index (χ0v) is 13.0. The molecular formula is C13H11BrF4N2O3. The summed E-state index contributed by atoms with van der Waals surface area (Å²) in [4.78, 5) is 23.7. The van der Waals surface area contributed by atoms with E-state index in [-0.39, 0.29) is 5.69 Å². The molecule has 0 saturated carbocycles. The van der Waals surface area contributed by atoms with Crippen LogP contribution in [0.25, 0.3) is 0 Å². The summed E-state index contributed by atoms with van der Waals surface area (Å²) in [5.74, 6) is -6.29. The first-order valence-corrected chi connectivity index (χ1v) is 7.19. The molecule has 0 unspecified atom stereocenters. The second kappa shape index (κ2) is 6.34. The molecule has 1 aliphatic rings. The van der Waals surface area contributed by atoms with Crippen molar-refractivity contribution in [3.8, 4) is 0 Å². The Labute approximate surface area is 136 Å². The molecule has 1 aromatic rings. The SMILES string of the molecule is O=C(O)[C@@H]1CN(C(=O)Nc2cc(Br)ccc2F)C[C@H]1C(F)(F)F. The fourth-order valence-electron chi connectivity index (χ4n) is 2.34. The first-order chi connectivity index (χ1) is 10.6. The van der Waals surface area contributed by atoms with Gasteiger partial charge in [0.1, 0.15) is 5.82 Å². The second-order valence-corrected chi connectivity index (χ2v) is 5.97. The maximum Gasteiger partial charge on any atom is 0.394 e. The van der Waals surface area contributed by atoms with Crippen LogP contribution in [-0.4, -0.2) is 41.3 Å². The van der Waals surface area contributed by atoms with Crippen molar-refractivity contribution in [2.24, 2.45) is 11.8 Å². The van der Waals surface area contributed by atoms with Crippen LogP contribution in [0.1, 0.15) is 0 Å². The van der Waals surface area contributed by atoms with E-state index in [1.807, 2.05) is 0 Å². The third-order valence-corrected chi connectivity index (χ3v) is 4.01. The molecule has 1 aromatic carbocycles. The Morgan fingerprint density at radius 3 is 2.48 bits per heavy atom. The van der Waals surface area contributed by atoms with Crippen molar-refractivity contribution in [3.05, 3.63) is 28.5 Å². The highest BCUT2D eigenvalue weighted by Gasteiger charge is 2.53. The molecule has 10 heteroatoms. The smallest absolute Gasteiger partial charge is 0.394 e. The fraction of sp³-hybridized carbons (Fsp3) is 0.385.